The lowest BCUT2D eigenvalue weighted by Crippen LogP contribution is -2.32. The number of aromatic carboxylic acids is 1. The SMILES string of the molecule is CC/C=C\C/C=C\C/C=C\C/C=C\C/C=C\CCCCOC(OC)C(=O)Nc1ccc(O)c(C(=O)O)c1. The van der Waals surface area contributed by atoms with Crippen LogP contribution in [0.3, 0.4) is 0 Å². The molecular weight excluding hydrogens is 470 g/mol. The van der Waals surface area contributed by atoms with E-state index in [1.165, 1.54) is 25.3 Å². The van der Waals surface area contributed by atoms with E-state index < -0.39 is 18.2 Å². The first-order valence-electron chi connectivity index (χ1n) is 12.8. The molecule has 0 aliphatic heterocycles. The molecule has 7 heteroatoms. The third-order valence-corrected chi connectivity index (χ3v) is 5.11. The number of carbonyl (C=O) groups excluding carboxylic acids is 1. The van der Waals surface area contributed by atoms with Gasteiger partial charge in [0.2, 0.25) is 6.29 Å². The van der Waals surface area contributed by atoms with Crippen LogP contribution >= 0.6 is 0 Å². The summed E-state index contributed by atoms with van der Waals surface area (Å²) in [6, 6.07) is 3.78. The summed E-state index contributed by atoms with van der Waals surface area (Å²) in [7, 11) is 1.36. The molecule has 202 valence electrons. The molecule has 1 rings (SSSR count). The Labute approximate surface area is 220 Å². The summed E-state index contributed by atoms with van der Waals surface area (Å²) < 4.78 is 10.6. The zero-order chi connectivity index (χ0) is 27.1. The number of anilines is 1. The molecule has 1 aromatic rings. The third kappa shape index (κ3) is 15.3. The van der Waals surface area contributed by atoms with Crippen molar-refractivity contribution in [1.29, 1.82) is 0 Å². The van der Waals surface area contributed by atoms with Gasteiger partial charge in [-0.2, -0.15) is 0 Å². The molecule has 7 nitrogen and oxygen atoms in total. The maximum absolute atomic E-state index is 12.3. The van der Waals surface area contributed by atoms with Crippen molar-refractivity contribution in [3.8, 4) is 5.75 Å². The van der Waals surface area contributed by atoms with E-state index in [2.05, 4.69) is 73.0 Å². The highest BCUT2D eigenvalue weighted by atomic mass is 16.7. The van der Waals surface area contributed by atoms with Gasteiger partial charge in [-0.15, -0.1) is 0 Å². The zero-order valence-electron chi connectivity index (χ0n) is 22.0. The molecule has 1 unspecified atom stereocenters. The minimum Gasteiger partial charge on any atom is -0.507 e. The number of amides is 1. The molecule has 0 aromatic heterocycles. The number of hydrogen-bond donors (Lipinski definition) is 3. The summed E-state index contributed by atoms with van der Waals surface area (Å²) >= 11 is 0. The largest absolute Gasteiger partial charge is 0.507 e. The second-order valence-corrected chi connectivity index (χ2v) is 8.17. The van der Waals surface area contributed by atoms with Crippen LogP contribution in [-0.4, -0.2) is 42.1 Å². The Morgan fingerprint density at radius 1 is 0.892 bits per heavy atom. The molecule has 0 aliphatic rings. The van der Waals surface area contributed by atoms with Gasteiger partial charge in [-0.25, -0.2) is 4.79 Å². The standard InChI is InChI=1S/C30H41NO6/c1-3-4-5-6-7-8-9-10-11-12-13-14-15-16-17-18-19-20-23-37-30(36-2)28(33)31-25-21-22-27(32)26(24-25)29(34)35/h4-5,7-8,10-11,13-14,16-17,21-22,24,30,32H,3,6,9,12,15,18-20,23H2,1-2H3,(H,31,33)(H,34,35)/b5-4-,8-7-,11-10-,14-13-,17-16-. The van der Waals surface area contributed by atoms with Gasteiger partial charge in [-0.1, -0.05) is 67.7 Å². The minimum atomic E-state index is -1.29. The maximum atomic E-state index is 12.3. The van der Waals surface area contributed by atoms with Crippen LogP contribution in [0.5, 0.6) is 5.75 Å². The highest BCUT2D eigenvalue weighted by Gasteiger charge is 2.19. The smallest absolute Gasteiger partial charge is 0.339 e. The van der Waals surface area contributed by atoms with Gasteiger partial charge in [0.1, 0.15) is 11.3 Å². The van der Waals surface area contributed by atoms with Crippen LogP contribution in [0.25, 0.3) is 0 Å². The van der Waals surface area contributed by atoms with Crippen LogP contribution in [0.4, 0.5) is 5.69 Å². The molecule has 0 aliphatic carbocycles. The van der Waals surface area contributed by atoms with Crippen LogP contribution in [0.2, 0.25) is 0 Å². The van der Waals surface area contributed by atoms with E-state index in [4.69, 9.17) is 14.6 Å². The average Bonchev–Trinajstić information content (AvgIpc) is 2.88. The van der Waals surface area contributed by atoms with Crippen LogP contribution in [-0.2, 0) is 14.3 Å². The van der Waals surface area contributed by atoms with Crippen molar-refractivity contribution >= 4 is 17.6 Å². The fourth-order valence-electron chi connectivity index (χ4n) is 3.16. The number of carboxylic acids is 1. The molecule has 0 saturated carbocycles. The van der Waals surface area contributed by atoms with Crippen LogP contribution in [0.15, 0.2) is 79.0 Å². The Bertz CT molecular complexity index is 945. The molecule has 1 atom stereocenters. The number of ether oxygens (including phenoxy) is 2. The predicted molar refractivity (Wildman–Crippen MR) is 149 cm³/mol. The minimum absolute atomic E-state index is 0.226. The molecule has 0 spiro atoms. The molecule has 0 bridgehead atoms. The van der Waals surface area contributed by atoms with E-state index in [1.54, 1.807) is 0 Å². The summed E-state index contributed by atoms with van der Waals surface area (Å²) in [6.07, 6.45) is 28.1. The van der Waals surface area contributed by atoms with Crippen molar-refractivity contribution in [1.82, 2.24) is 0 Å². The van der Waals surface area contributed by atoms with E-state index in [0.29, 0.717) is 6.61 Å². The second kappa shape index (κ2) is 20.7. The number of unbranched alkanes of at least 4 members (excludes halogenated alkanes) is 2. The fourth-order valence-corrected chi connectivity index (χ4v) is 3.16. The molecule has 0 saturated heterocycles. The Kier molecular flexibility index (Phi) is 17.7. The number of nitrogens with one attached hydrogen (secondary N) is 1. The fraction of sp³-hybridized carbons (Fsp3) is 0.400. The van der Waals surface area contributed by atoms with Crippen LogP contribution in [0.1, 0.15) is 68.6 Å². The zero-order valence-corrected chi connectivity index (χ0v) is 22.0. The lowest BCUT2D eigenvalue weighted by Gasteiger charge is -2.16. The molecular formula is C30H41NO6. The first-order chi connectivity index (χ1) is 18.0. The number of aromatic hydroxyl groups is 1. The molecule has 37 heavy (non-hydrogen) atoms. The van der Waals surface area contributed by atoms with Gasteiger partial charge in [0.15, 0.2) is 0 Å². The van der Waals surface area contributed by atoms with Gasteiger partial charge >= 0.3 is 5.97 Å². The normalized spacial score (nSPS) is 13.0. The Morgan fingerprint density at radius 3 is 2.00 bits per heavy atom. The Balaban J connectivity index is 2.15. The van der Waals surface area contributed by atoms with Gasteiger partial charge in [0.05, 0.1) is 6.61 Å². The average molecular weight is 512 g/mol. The van der Waals surface area contributed by atoms with E-state index in [9.17, 15) is 14.7 Å². The monoisotopic (exact) mass is 511 g/mol. The molecule has 0 radical (unpaired) electrons. The highest BCUT2D eigenvalue weighted by molar-refractivity contribution is 5.96. The van der Waals surface area contributed by atoms with Gasteiger partial charge < -0.3 is 25.0 Å². The number of hydrogen-bond acceptors (Lipinski definition) is 5. The van der Waals surface area contributed by atoms with Crippen molar-refractivity contribution in [2.75, 3.05) is 19.0 Å². The number of rotatable bonds is 19. The van der Waals surface area contributed by atoms with Crippen molar-refractivity contribution in [3.63, 3.8) is 0 Å². The van der Waals surface area contributed by atoms with Crippen molar-refractivity contribution in [2.45, 2.75) is 64.6 Å². The van der Waals surface area contributed by atoms with Crippen molar-refractivity contribution < 1.29 is 29.3 Å². The second-order valence-electron chi connectivity index (χ2n) is 8.17. The molecule has 3 N–H and O–H groups in total. The van der Waals surface area contributed by atoms with Gasteiger partial charge in [-0.3, -0.25) is 4.79 Å². The molecule has 0 fully saturated rings. The first-order valence-corrected chi connectivity index (χ1v) is 12.8. The third-order valence-electron chi connectivity index (χ3n) is 5.11. The number of benzene rings is 1. The molecule has 0 heterocycles. The lowest BCUT2D eigenvalue weighted by molar-refractivity contribution is -0.160. The lowest BCUT2D eigenvalue weighted by atomic mass is 10.2. The molecule has 1 amide bonds. The molecule has 1 aromatic carbocycles. The maximum Gasteiger partial charge on any atom is 0.339 e. The number of phenols is 1. The number of methoxy groups -OCH3 is 1. The van der Waals surface area contributed by atoms with Gasteiger partial charge in [-0.05, 0) is 69.6 Å². The summed E-state index contributed by atoms with van der Waals surface area (Å²) in [5.74, 6) is -2.22. The first kappa shape index (κ1) is 31.6. The van der Waals surface area contributed by atoms with E-state index in [0.717, 1.165) is 51.4 Å². The van der Waals surface area contributed by atoms with Crippen LogP contribution < -0.4 is 5.32 Å². The van der Waals surface area contributed by atoms with E-state index >= 15 is 0 Å². The summed E-state index contributed by atoms with van der Waals surface area (Å²) in [5.41, 5.74) is -0.0769. The Morgan fingerprint density at radius 2 is 1.46 bits per heavy atom. The summed E-state index contributed by atoms with van der Waals surface area (Å²) in [5, 5.41) is 21.2. The van der Waals surface area contributed by atoms with Crippen LogP contribution in [0, 0.1) is 0 Å². The van der Waals surface area contributed by atoms with E-state index in [1.807, 2.05) is 0 Å². The summed E-state index contributed by atoms with van der Waals surface area (Å²) in [6.45, 7) is 2.49. The number of carbonyl (C=O) groups is 2. The predicted octanol–water partition coefficient (Wildman–Crippen LogP) is 6.94. The van der Waals surface area contributed by atoms with Crippen molar-refractivity contribution in [3.05, 3.63) is 84.5 Å². The quantitative estimate of drug-likeness (QED) is 0.0804. The van der Waals surface area contributed by atoms with E-state index in [-0.39, 0.29) is 17.0 Å². The Hall–Kier alpha value is -3.42. The highest BCUT2D eigenvalue weighted by Crippen LogP contribution is 2.21. The van der Waals surface area contributed by atoms with Gasteiger partial charge in [0.25, 0.3) is 5.91 Å². The van der Waals surface area contributed by atoms with Crippen molar-refractivity contribution in [2.24, 2.45) is 0 Å². The number of carboxylic acid groups (broad SMARTS) is 1. The topological polar surface area (TPSA) is 105 Å². The summed E-state index contributed by atoms with van der Waals surface area (Å²) in [4.78, 5) is 23.4. The van der Waals surface area contributed by atoms with Gasteiger partial charge in [0, 0.05) is 12.8 Å². The number of allylic oxidation sites excluding steroid dienone is 10.